The lowest BCUT2D eigenvalue weighted by atomic mass is 9.99. The van der Waals surface area contributed by atoms with Crippen LogP contribution in [0, 0.1) is 5.82 Å². The molecule has 0 fully saturated rings. The van der Waals surface area contributed by atoms with Crippen molar-refractivity contribution in [1.29, 1.82) is 0 Å². The average molecular weight is 744 g/mol. The molecule has 2 amide bonds. The zero-order valence-electron chi connectivity index (χ0n) is 27.8. The lowest BCUT2D eigenvalue weighted by Gasteiger charge is -2.27. The van der Waals surface area contributed by atoms with Gasteiger partial charge in [-0.2, -0.15) is 13.2 Å². The molecule has 51 heavy (non-hydrogen) atoms. The number of benzene rings is 2. The molecule has 0 bridgehead atoms. The van der Waals surface area contributed by atoms with E-state index in [0.29, 0.717) is 6.07 Å². The highest BCUT2D eigenvalue weighted by Crippen LogP contribution is 2.45. The zero-order valence-corrected chi connectivity index (χ0v) is 28.7. The lowest BCUT2D eigenvalue weighted by Crippen LogP contribution is -2.49. The van der Waals surface area contributed by atoms with Gasteiger partial charge in [-0.25, -0.2) is 36.0 Å². The summed E-state index contributed by atoms with van der Waals surface area (Å²) in [6.45, 7) is 6.66. The molecule has 0 spiro atoms. The van der Waals surface area contributed by atoms with Crippen LogP contribution >= 0.6 is 0 Å². The second kappa shape index (κ2) is 12.6. The van der Waals surface area contributed by atoms with E-state index in [-0.39, 0.29) is 11.3 Å². The van der Waals surface area contributed by atoms with Gasteiger partial charge in [0.2, 0.25) is 11.8 Å². The molecule has 0 radical (unpaired) electrons. The molecule has 2 aromatic heterocycles. The third kappa shape index (κ3) is 7.69. The fourth-order valence-electron chi connectivity index (χ4n) is 4.92. The molecule has 0 saturated heterocycles. The number of anilines is 1. The van der Waals surface area contributed by atoms with Gasteiger partial charge >= 0.3 is 12.3 Å². The van der Waals surface area contributed by atoms with Crippen molar-refractivity contribution in [3.8, 4) is 17.1 Å². The highest BCUT2D eigenvalue weighted by molar-refractivity contribution is 7.91. The number of sulfone groups is 1. The summed E-state index contributed by atoms with van der Waals surface area (Å²) >= 11 is 0. The fraction of sp³-hybridized carbons (Fsp3) is 0.419. The second-order valence-electron chi connectivity index (χ2n) is 13.3. The Hall–Kier alpha value is -5.01. The number of rotatable bonds is 7. The van der Waals surface area contributed by atoms with E-state index in [9.17, 15) is 31.2 Å². The van der Waals surface area contributed by atoms with Gasteiger partial charge in [-0.05, 0) is 64.4 Å². The predicted molar refractivity (Wildman–Crippen MR) is 167 cm³/mol. The van der Waals surface area contributed by atoms with Crippen LogP contribution in [0.1, 0.15) is 63.9 Å². The molecule has 1 N–H and O–H groups in total. The van der Waals surface area contributed by atoms with Crippen molar-refractivity contribution >= 4 is 27.5 Å². The molecule has 2 aromatic carbocycles. The van der Waals surface area contributed by atoms with Crippen LogP contribution in [0.3, 0.4) is 0 Å². The number of alkyl carbamates (subject to hydrolysis) is 1. The molecule has 0 aliphatic carbocycles. The summed E-state index contributed by atoms with van der Waals surface area (Å²) in [6.07, 6.45) is -5.48. The van der Waals surface area contributed by atoms with Crippen molar-refractivity contribution in [2.75, 3.05) is 11.2 Å². The van der Waals surface area contributed by atoms with E-state index < -0.39 is 104 Å². The van der Waals surface area contributed by atoms with Crippen LogP contribution in [-0.2, 0) is 42.8 Å². The summed E-state index contributed by atoms with van der Waals surface area (Å²) in [5.41, 5.74) is -2.61. The zero-order chi connectivity index (χ0) is 37.9. The van der Waals surface area contributed by atoms with Crippen LogP contribution < -0.4 is 10.2 Å². The summed E-state index contributed by atoms with van der Waals surface area (Å²) in [7, 11) is -3.82. The van der Waals surface area contributed by atoms with Crippen molar-refractivity contribution in [3.63, 3.8) is 0 Å². The van der Waals surface area contributed by atoms with Gasteiger partial charge in [0.05, 0.1) is 23.5 Å². The maximum Gasteiger partial charge on any atom is 0.453 e. The molecule has 13 nitrogen and oxygen atoms in total. The number of hydrogen-bond donors (Lipinski definition) is 1. The quantitative estimate of drug-likeness (QED) is 0.233. The van der Waals surface area contributed by atoms with Crippen molar-refractivity contribution in [3.05, 3.63) is 71.4 Å². The van der Waals surface area contributed by atoms with Gasteiger partial charge in [0.1, 0.15) is 28.5 Å². The Balaban J connectivity index is 1.59. The number of aromatic nitrogens is 5. The van der Waals surface area contributed by atoms with Gasteiger partial charge in [-0.1, -0.05) is 12.1 Å². The molecule has 1 aliphatic rings. The van der Waals surface area contributed by atoms with Gasteiger partial charge in [0.25, 0.3) is 17.6 Å². The number of alkyl halides is 5. The van der Waals surface area contributed by atoms with E-state index in [1.54, 1.807) is 0 Å². The van der Waals surface area contributed by atoms with Crippen LogP contribution in [0.4, 0.5) is 36.8 Å². The lowest BCUT2D eigenvalue weighted by molar-refractivity contribution is -0.144. The van der Waals surface area contributed by atoms with E-state index >= 15 is 13.2 Å². The third-order valence-corrected chi connectivity index (χ3v) is 9.90. The molecule has 1 aliphatic heterocycles. The Kier molecular flexibility index (Phi) is 9.23. The van der Waals surface area contributed by atoms with Gasteiger partial charge in [0.15, 0.2) is 9.84 Å². The van der Waals surface area contributed by atoms with E-state index in [1.165, 1.54) is 58.9 Å². The summed E-state index contributed by atoms with van der Waals surface area (Å²) < 4.78 is 121. The van der Waals surface area contributed by atoms with Crippen molar-refractivity contribution in [1.82, 2.24) is 30.3 Å². The smallest absolute Gasteiger partial charge is 0.444 e. The molecule has 20 heteroatoms. The third-order valence-electron chi connectivity index (χ3n) is 7.87. The second-order valence-corrected chi connectivity index (χ2v) is 15.8. The number of amides is 2. The van der Waals surface area contributed by atoms with E-state index in [4.69, 9.17) is 9.15 Å². The number of fused-ring (bicyclic) bond motifs is 1. The van der Waals surface area contributed by atoms with E-state index in [2.05, 4.69) is 25.6 Å². The average Bonchev–Trinajstić information content (AvgIpc) is 3.68. The molecule has 0 saturated carbocycles. The summed E-state index contributed by atoms with van der Waals surface area (Å²) in [5, 5.41) is 13.0. The molecule has 4 aromatic rings. The number of carbonyl (C=O) groups is 2. The first-order valence-corrected chi connectivity index (χ1v) is 16.9. The molecular formula is C31H31F6N7O6S. The van der Waals surface area contributed by atoms with Gasteiger partial charge in [-0.3, -0.25) is 4.79 Å². The number of hydrogen-bond acceptors (Lipinski definition) is 10. The standard InChI is InChI=1S/C31H31F6N7O6S/c1-28(2,3)50-27(46)39-21-13-30(33,34)19-12-20(32)18(23-40-41-26(49-23)29(4,5)51(6,47)48)11-22(19)43(24(21)45)14-16-7-9-17(10-8-16)44-15-38-25(42-44)31(35,36)37/h7-12,15,21H,13-14H2,1-6H3,(H,39,46)/t21-/m0/s1. The molecular weight excluding hydrogens is 712 g/mol. The maximum absolute atomic E-state index is 16.0. The fourth-order valence-corrected chi connectivity index (χ4v) is 5.32. The number of nitrogens with one attached hydrogen (secondary N) is 1. The minimum atomic E-state index is -4.79. The highest BCUT2D eigenvalue weighted by atomic mass is 32.2. The van der Waals surface area contributed by atoms with Crippen molar-refractivity contribution in [2.24, 2.45) is 0 Å². The Morgan fingerprint density at radius 1 is 1.08 bits per heavy atom. The number of ether oxygens (including phenoxy) is 1. The minimum absolute atomic E-state index is 0.147. The Morgan fingerprint density at radius 2 is 1.73 bits per heavy atom. The van der Waals surface area contributed by atoms with Gasteiger partial charge < -0.3 is 19.4 Å². The van der Waals surface area contributed by atoms with Crippen LogP contribution in [0.5, 0.6) is 0 Å². The van der Waals surface area contributed by atoms with Crippen LogP contribution in [-0.4, -0.2) is 63.3 Å². The Labute approximate surface area is 286 Å². The van der Waals surface area contributed by atoms with Crippen LogP contribution in [0.2, 0.25) is 0 Å². The number of carbonyl (C=O) groups excluding carboxylic acids is 2. The minimum Gasteiger partial charge on any atom is -0.444 e. The normalized spacial score (nSPS) is 16.8. The number of nitrogens with zero attached hydrogens (tertiary/aromatic N) is 6. The van der Waals surface area contributed by atoms with E-state index in [0.717, 1.165) is 28.2 Å². The first-order valence-electron chi connectivity index (χ1n) is 15.0. The van der Waals surface area contributed by atoms with Crippen LogP contribution in [0.25, 0.3) is 17.1 Å². The monoisotopic (exact) mass is 743 g/mol. The SMILES string of the molecule is CC(C)(C)OC(=O)N[C@H]1CC(F)(F)c2cc(F)c(-c3nnc(C(C)(C)S(C)(=O)=O)o3)cc2N(Cc2ccc(-n3cnc(C(F)(F)F)n3)cc2)C1=O. The summed E-state index contributed by atoms with van der Waals surface area (Å²) in [5.74, 6) is -8.58. The maximum atomic E-state index is 16.0. The summed E-state index contributed by atoms with van der Waals surface area (Å²) in [4.78, 5) is 30.8. The first kappa shape index (κ1) is 37.3. The van der Waals surface area contributed by atoms with Gasteiger partial charge in [0, 0.05) is 18.2 Å². The van der Waals surface area contributed by atoms with Crippen molar-refractivity contribution < 1.29 is 53.5 Å². The van der Waals surface area contributed by atoms with E-state index in [1.807, 2.05) is 0 Å². The Morgan fingerprint density at radius 3 is 2.29 bits per heavy atom. The van der Waals surface area contributed by atoms with Gasteiger partial charge in [-0.15, -0.1) is 15.3 Å². The van der Waals surface area contributed by atoms with Crippen molar-refractivity contribution in [2.45, 2.75) is 76.1 Å². The number of halogens is 6. The van der Waals surface area contributed by atoms with Crippen LogP contribution in [0.15, 0.2) is 47.1 Å². The largest absolute Gasteiger partial charge is 0.453 e. The molecule has 1 atom stereocenters. The molecule has 274 valence electrons. The predicted octanol–water partition coefficient (Wildman–Crippen LogP) is 5.68. The summed E-state index contributed by atoms with van der Waals surface area (Å²) in [6, 6.07) is 4.94. The highest BCUT2D eigenvalue weighted by Gasteiger charge is 2.47. The molecule has 3 heterocycles. The molecule has 0 unspecified atom stereocenters. The Bertz CT molecular complexity index is 2090. The first-order chi connectivity index (χ1) is 23.4. The topological polar surface area (TPSA) is 162 Å². The molecule has 5 rings (SSSR count).